The van der Waals surface area contributed by atoms with Crippen LogP contribution in [0.25, 0.3) is 16.6 Å². The lowest BCUT2D eigenvalue weighted by Crippen LogP contribution is -2.50. The third-order valence-corrected chi connectivity index (χ3v) is 6.69. The SMILES string of the molecule is O=C(O)N1CCN(C(=O)c2c(Cc3c(F)cccc3Cl)n(-c3ccccc3)c3ccncc23)CC1. The van der Waals surface area contributed by atoms with Crippen LogP contribution in [0, 0.1) is 5.82 Å². The van der Waals surface area contributed by atoms with Gasteiger partial charge in [0.25, 0.3) is 5.91 Å². The van der Waals surface area contributed by atoms with Gasteiger partial charge >= 0.3 is 6.09 Å². The summed E-state index contributed by atoms with van der Waals surface area (Å²) in [4.78, 5) is 32.4. The van der Waals surface area contributed by atoms with Gasteiger partial charge in [0.2, 0.25) is 0 Å². The molecule has 0 atom stereocenters. The van der Waals surface area contributed by atoms with Gasteiger partial charge in [-0.3, -0.25) is 9.78 Å². The van der Waals surface area contributed by atoms with E-state index >= 15 is 0 Å². The monoisotopic (exact) mass is 492 g/mol. The molecule has 2 amide bonds. The lowest BCUT2D eigenvalue weighted by atomic mass is 10.0. The zero-order valence-electron chi connectivity index (χ0n) is 18.7. The molecule has 5 rings (SSSR count). The molecule has 0 bridgehead atoms. The molecule has 7 nitrogen and oxygen atoms in total. The Morgan fingerprint density at radius 1 is 0.971 bits per heavy atom. The molecule has 4 aromatic rings. The largest absolute Gasteiger partial charge is 0.465 e. The Kier molecular flexibility index (Phi) is 6.13. The topological polar surface area (TPSA) is 78.7 Å². The Morgan fingerprint density at radius 3 is 2.37 bits per heavy atom. The van der Waals surface area contributed by atoms with Crippen molar-refractivity contribution in [3.63, 3.8) is 0 Å². The summed E-state index contributed by atoms with van der Waals surface area (Å²) in [6.45, 7) is 0.989. The maximum Gasteiger partial charge on any atom is 0.407 e. The molecule has 0 aliphatic carbocycles. The Labute approximate surface area is 206 Å². The Bertz CT molecular complexity index is 1390. The smallest absolute Gasteiger partial charge is 0.407 e. The third-order valence-electron chi connectivity index (χ3n) is 6.34. The van der Waals surface area contributed by atoms with Gasteiger partial charge in [-0.2, -0.15) is 0 Å². The van der Waals surface area contributed by atoms with Crippen LogP contribution in [-0.4, -0.2) is 62.6 Å². The number of piperazine rings is 1. The first kappa shape index (κ1) is 22.9. The highest BCUT2D eigenvalue weighted by atomic mass is 35.5. The average molecular weight is 493 g/mol. The summed E-state index contributed by atoms with van der Waals surface area (Å²) in [5.41, 5.74) is 2.89. The molecule has 1 fully saturated rings. The summed E-state index contributed by atoms with van der Waals surface area (Å²) < 4.78 is 16.8. The summed E-state index contributed by atoms with van der Waals surface area (Å²) in [6.07, 6.45) is 2.38. The molecule has 0 spiro atoms. The molecule has 3 heterocycles. The normalized spacial score (nSPS) is 13.9. The number of amides is 2. The van der Waals surface area contributed by atoms with E-state index in [-0.39, 0.29) is 43.5 Å². The van der Waals surface area contributed by atoms with Crippen molar-refractivity contribution < 1.29 is 19.1 Å². The van der Waals surface area contributed by atoms with Crippen LogP contribution in [-0.2, 0) is 6.42 Å². The molecule has 2 aromatic carbocycles. The molecule has 9 heteroatoms. The van der Waals surface area contributed by atoms with Crippen LogP contribution in [0.5, 0.6) is 0 Å². The van der Waals surface area contributed by atoms with Crippen LogP contribution >= 0.6 is 11.6 Å². The molecule has 1 aliphatic rings. The number of hydrogen-bond donors (Lipinski definition) is 1. The second-order valence-corrected chi connectivity index (χ2v) is 8.73. The van der Waals surface area contributed by atoms with Gasteiger partial charge < -0.3 is 19.5 Å². The highest BCUT2D eigenvalue weighted by molar-refractivity contribution is 6.31. The van der Waals surface area contributed by atoms with E-state index in [9.17, 15) is 19.1 Å². The summed E-state index contributed by atoms with van der Waals surface area (Å²) in [7, 11) is 0. The number of rotatable bonds is 4. The number of halogens is 2. The lowest BCUT2D eigenvalue weighted by Gasteiger charge is -2.33. The third kappa shape index (κ3) is 4.21. The quantitative estimate of drug-likeness (QED) is 0.442. The molecule has 0 unspecified atom stereocenters. The standard InChI is InChI=1S/C26H22ClFN4O3/c27-20-7-4-8-21(28)18(20)15-23-24(25(33)30-11-13-31(14-12-30)26(34)35)19-16-29-10-9-22(19)32(23)17-5-2-1-3-6-17/h1-10,16H,11-15H2,(H,34,35). The molecular weight excluding hydrogens is 471 g/mol. The molecule has 35 heavy (non-hydrogen) atoms. The number of benzene rings is 2. The zero-order valence-corrected chi connectivity index (χ0v) is 19.5. The first-order chi connectivity index (χ1) is 17.0. The van der Waals surface area contributed by atoms with E-state index in [0.717, 1.165) is 11.2 Å². The number of pyridine rings is 1. The number of nitrogens with zero attached hydrogens (tertiary/aromatic N) is 4. The summed E-state index contributed by atoms with van der Waals surface area (Å²) >= 11 is 6.38. The van der Waals surface area contributed by atoms with Gasteiger partial charge in [-0.1, -0.05) is 35.9 Å². The van der Waals surface area contributed by atoms with Gasteiger partial charge in [0.05, 0.1) is 11.1 Å². The fourth-order valence-electron chi connectivity index (χ4n) is 4.59. The number of carbonyl (C=O) groups is 2. The molecule has 2 aromatic heterocycles. The first-order valence-electron chi connectivity index (χ1n) is 11.2. The minimum absolute atomic E-state index is 0.0885. The number of hydrogen-bond acceptors (Lipinski definition) is 3. The zero-order chi connectivity index (χ0) is 24.5. The average Bonchev–Trinajstić information content (AvgIpc) is 3.20. The number of carbonyl (C=O) groups excluding carboxylic acids is 1. The fourth-order valence-corrected chi connectivity index (χ4v) is 4.82. The van der Waals surface area contributed by atoms with Crippen molar-refractivity contribution in [1.29, 1.82) is 0 Å². The van der Waals surface area contributed by atoms with Gasteiger partial charge in [0.15, 0.2) is 0 Å². The predicted molar refractivity (Wildman–Crippen MR) is 131 cm³/mol. The Balaban J connectivity index is 1.69. The van der Waals surface area contributed by atoms with Crippen molar-refractivity contribution in [3.05, 3.63) is 94.7 Å². The second kappa shape index (κ2) is 9.38. The van der Waals surface area contributed by atoms with Crippen molar-refractivity contribution in [1.82, 2.24) is 19.4 Å². The number of fused-ring (bicyclic) bond motifs is 1. The van der Waals surface area contributed by atoms with E-state index in [1.54, 1.807) is 29.4 Å². The van der Waals surface area contributed by atoms with E-state index in [1.165, 1.54) is 11.0 Å². The fraction of sp³-hybridized carbons (Fsp3) is 0.192. The van der Waals surface area contributed by atoms with Gasteiger partial charge in [-0.05, 0) is 30.3 Å². The summed E-state index contributed by atoms with van der Waals surface area (Å²) in [5, 5.41) is 10.2. The number of para-hydroxylation sites is 1. The van der Waals surface area contributed by atoms with Crippen LogP contribution in [0.4, 0.5) is 9.18 Å². The minimum atomic E-state index is -1.00. The highest BCUT2D eigenvalue weighted by Gasteiger charge is 2.31. The van der Waals surface area contributed by atoms with Crippen LogP contribution in [0.1, 0.15) is 21.6 Å². The Hall–Kier alpha value is -3.91. The van der Waals surface area contributed by atoms with Crippen molar-refractivity contribution in [3.8, 4) is 5.69 Å². The van der Waals surface area contributed by atoms with Crippen LogP contribution in [0.15, 0.2) is 67.0 Å². The Morgan fingerprint density at radius 2 is 1.69 bits per heavy atom. The van der Waals surface area contributed by atoms with Crippen molar-refractivity contribution >= 4 is 34.5 Å². The van der Waals surface area contributed by atoms with E-state index in [1.807, 2.05) is 41.0 Å². The molecular formula is C26H22ClFN4O3. The molecule has 1 aliphatic heterocycles. The molecule has 1 N–H and O–H groups in total. The van der Waals surface area contributed by atoms with Gasteiger partial charge in [0.1, 0.15) is 5.82 Å². The van der Waals surface area contributed by atoms with Crippen LogP contribution in [0.2, 0.25) is 5.02 Å². The maximum absolute atomic E-state index is 14.9. The van der Waals surface area contributed by atoms with E-state index < -0.39 is 11.9 Å². The molecule has 0 saturated carbocycles. The van der Waals surface area contributed by atoms with Crippen LogP contribution in [0.3, 0.4) is 0 Å². The van der Waals surface area contributed by atoms with Crippen molar-refractivity contribution in [2.75, 3.05) is 26.2 Å². The number of aromatic nitrogens is 2. The number of carboxylic acid groups (broad SMARTS) is 1. The second-order valence-electron chi connectivity index (χ2n) is 8.32. The first-order valence-corrected chi connectivity index (χ1v) is 11.6. The molecule has 0 radical (unpaired) electrons. The van der Waals surface area contributed by atoms with Crippen molar-refractivity contribution in [2.45, 2.75) is 6.42 Å². The van der Waals surface area contributed by atoms with E-state index in [4.69, 9.17) is 11.6 Å². The summed E-state index contributed by atoms with van der Waals surface area (Å²) in [5.74, 6) is -0.695. The molecule has 1 saturated heterocycles. The highest BCUT2D eigenvalue weighted by Crippen LogP contribution is 2.34. The van der Waals surface area contributed by atoms with Gasteiger partial charge in [-0.15, -0.1) is 0 Å². The van der Waals surface area contributed by atoms with Crippen LogP contribution < -0.4 is 0 Å². The van der Waals surface area contributed by atoms with E-state index in [0.29, 0.717) is 22.2 Å². The lowest BCUT2D eigenvalue weighted by molar-refractivity contribution is 0.0625. The van der Waals surface area contributed by atoms with E-state index in [2.05, 4.69) is 4.98 Å². The predicted octanol–water partition coefficient (Wildman–Crippen LogP) is 4.84. The van der Waals surface area contributed by atoms with Crippen molar-refractivity contribution in [2.24, 2.45) is 0 Å². The summed E-state index contributed by atoms with van der Waals surface area (Å²) in [6, 6.07) is 15.9. The maximum atomic E-state index is 14.9. The molecule has 178 valence electrons. The minimum Gasteiger partial charge on any atom is -0.465 e. The van der Waals surface area contributed by atoms with Gasteiger partial charge in [0, 0.05) is 72.3 Å². The van der Waals surface area contributed by atoms with Gasteiger partial charge in [-0.25, -0.2) is 9.18 Å².